The Labute approximate surface area is 168 Å². The molecule has 1 aliphatic rings. The van der Waals surface area contributed by atoms with Gasteiger partial charge in [0, 0.05) is 56.8 Å². The number of rotatable bonds is 7. The highest BCUT2D eigenvalue weighted by Crippen LogP contribution is 2.22. The van der Waals surface area contributed by atoms with E-state index in [9.17, 15) is 4.79 Å². The molecular formula is C22H31N5O. The van der Waals surface area contributed by atoms with Gasteiger partial charge in [0.05, 0.1) is 6.54 Å². The maximum atomic E-state index is 12.5. The summed E-state index contributed by atoms with van der Waals surface area (Å²) in [5, 5.41) is 3.08. The average molecular weight is 382 g/mol. The smallest absolute Gasteiger partial charge is 0.238 e. The number of nitrogens with zero attached hydrogens (tertiary/aromatic N) is 4. The highest BCUT2D eigenvalue weighted by Gasteiger charge is 2.20. The molecule has 1 aromatic heterocycles. The minimum atomic E-state index is 0.0463. The predicted octanol–water partition coefficient (Wildman–Crippen LogP) is 3.00. The second kappa shape index (κ2) is 9.55. The van der Waals surface area contributed by atoms with Crippen molar-refractivity contribution in [1.29, 1.82) is 0 Å². The first-order chi connectivity index (χ1) is 13.6. The van der Waals surface area contributed by atoms with Crippen molar-refractivity contribution in [3.8, 4) is 0 Å². The maximum absolute atomic E-state index is 12.5. The summed E-state index contributed by atoms with van der Waals surface area (Å²) in [6.45, 7) is 12.3. The molecule has 28 heavy (non-hydrogen) atoms. The van der Waals surface area contributed by atoms with Crippen molar-refractivity contribution in [1.82, 2.24) is 9.88 Å². The normalized spacial score (nSPS) is 14.8. The Balaban J connectivity index is 1.51. The van der Waals surface area contributed by atoms with Crippen molar-refractivity contribution in [2.45, 2.75) is 20.8 Å². The van der Waals surface area contributed by atoms with Crippen LogP contribution in [0.2, 0.25) is 0 Å². The highest BCUT2D eigenvalue weighted by molar-refractivity contribution is 5.93. The Bertz CT molecular complexity index is 768. The Hall–Kier alpha value is -2.60. The van der Waals surface area contributed by atoms with E-state index in [4.69, 9.17) is 0 Å². The molecule has 0 bridgehead atoms. The minimum Gasteiger partial charge on any atom is -0.372 e. The topological polar surface area (TPSA) is 51.7 Å². The summed E-state index contributed by atoms with van der Waals surface area (Å²) in [5.74, 6) is 1.06. The monoisotopic (exact) mass is 381 g/mol. The Morgan fingerprint density at radius 2 is 1.86 bits per heavy atom. The third-order valence-electron chi connectivity index (χ3n) is 5.33. The van der Waals surface area contributed by atoms with E-state index in [2.05, 4.69) is 51.0 Å². The number of pyridine rings is 1. The van der Waals surface area contributed by atoms with Gasteiger partial charge in [-0.1, -0.05) is 6.07 Å². The third kappa shape index (κ3) is 5.01. The number of carbonyl (C=O) groups excluding carboxylic acids is 1. The number of aryl methyl sites for hydroxylation is 1. The van der Waals surface area contributed by atoms with Crippen LogP contribution in [0.25, 0.3) is 0 Å². The molecular weight excluding hydrogens is 350 g/mol. The summed E-state index contributed by atoms with van der Waals surface area (Å²) in [5.41, 5.74) is 3.19. The molecule has 0 aliphatic carbocycles. The van der Waals surface area contributed by atoms with E-state index < -0.39 is 0 Å². The van der Waals surface area contributed by atoms with Crippen molar-refractivity contribution in [2.75, 3.05) is 60.9 Å². The van der Waals surface area contributed by atoms with Gasteiger partial charge < -0.3 is 15.1 Å². The fourth-order valence-corrected chi connectivity index (χ4v) is 3.64. The molecule has 3 rings (SSSR count). The zero-order valence-electron chi connectivity index (χ0n) is 17.2. The highest BCUT2D eigenvalue weighted by atomic mass is 16.2. The molecule has 1 saturated heterocycles. The Kier molecular flexibility index (Phi) is 6.87. The van der Waals surface area contributed by atoms with Crippen LogP contribution in [0, 0.1) is 6.92 Å². The van der Waals surface area contributed by atoms with Gasteiger partial charge in [-0.2, -0.15) is 0 Å². The number of nitrogens with one attached hydrogen (secondary N) is 1. The lowest BCUT2D eigenvalue weighted by Gasteiger charge is -2.35. The molecule has 1 aliphatic heterocycles. The van der Waals surface area contributed by atoms with Crippen LogP contribution < -0.4 is 15.1 Å². The SMILES string of the molecule is CCN(CC)c1ccc(NC(=O)CN2CCN(c3ccccn3)CC2)c(C)c1. The molecule has 1 aromatic carbocycles. The van der Waals surface area contributed by atoms with Gasteiger partial charge >= 0.3 is 0 Å². The first kappa shape index (κ1) is 20.1. The van der Waals surface area contributed by atoms with Crippen LogP contribution in [-0.4, -0.2) is 61.6 Å². The number of benzene rings is 1. The number of hydrogen-bond donors (Lipinski definition) is 1. The van der Waals surface area contributed by atoms with Gasteiger partial charge in [-0.05, 0) is 56.7 Å². The molecule has 2 heterocycles. The van der Waals surface area contributed by atoms with Crippen LogP contribution in [0.3, 0.4) is 0 Å². The van der Waals surface area contributed by atoms with Gasteiger partial charge in [0.2, 0.25) is 5.91 Å². The van der Waals surface area contributed by atoms with Crippen LogP contribution in [-0.2, 0) is 4.79 Å². The van der Waals surface area contributed by atoms with E-state index in [1.807, 2.05) is 37.4 Å². The minimum absolute atomic E-state index is 0.0463. The summed E-state index contributed by atoms with van der Waals surface area (Å²) < 4.78 is 0. The summed E-state index contributed by atoms with van der Waals surface area (Å²) >= 11 is 0. The molecule has 0 spiro atoms. The zero-order valence-corrected chi connectivity index (χ0v) is 17.2. The van der Waals surface area contributed by atoms with Crippen molar-refractivity contribution >= 4 is 23.1 Å². The van der Waals surface area contributed by atoms with Crippen molar-refractivity contribution in [2.24, 2.45) is 0 Å². The van der Waals surface area contributed by atoms with Crippen LogP contribution >= 0.6 is 0 Å². The van der Waals surface area contributed by atoms with Gasteiger partial charge in [0.1, 0.15) is 5.82 Å². The molecule has 0 atom stereocenters. The Morgan fingerprint density at radius 3 is 2.46 bits per heavy atom. The number of aromatic nitrogens is 1. The molecule has 6 heteroatoms. The van der Waals surface area contributed by atoms with E-state index in [0.717, 1.165) is 56.3 Å². The number of anilines is 3. The van der Waals surface area contributed by atoms with E-state index in [-0.39, 0.29) is 5.91 Å². The van der Waals surface area contributed by atoms with Gasteiger partial charge in [0.15, 0.2) is 0 Å². The second-order valence-corrected chi connectivity index (χ2v) is 7.17. The average Bonchev–Trinajstić information content (AvgIpc) is 2.72. The lowest BCUT2D eigenvalue weighted by atomic mass is 10.1. The van der Waals surface area contributed by atoms with Crippen LogP contribution in [0.1, 0.15) is 19.4 Å². The van der Waals surface area contributed by atoms with E-state index >= 15 is 0 Å². The van der Waals surface area contributed by atoms with Crippen LogP contribution in [0.15, 0.2) is 42.6 Å². The van der Waals surface area contributed by atoms with Crippen LogP contribution in [0.5, 0.6) is 0 Å². The van der Waals surface area contributed by atoms with Gasteiger partial charge in [0.25, 0.3) is 0 Å². The number of carbonyl (C=O) groups is 1. The molecule has 2 aromatic rings. The maximum Gasteiger partial charge on any atom is 0.238 e. The van der Waals surface area contributed by atoms with Crippen molar-refractivity contribution in [3.63, 3.8) is 0 Å². The zero-order chi connectivity index (χ0) is 19.9. The molecule has 0 unspecified atom stereocenters. The lowest BCUT2D eigenvalue weighted by molar-refractivity contribution is -0.117. The largest absolute Gasteiger partial charge is 0.372 e. The molecule has 0 saturated carbocycles. The van der Waals surface area contributed by atoms with Crippen molar-refractivity contribution in [3.05, 3.63) is 48.2 Å². The van der Waals surface area contributed by atoms with Gasteiger partial charge in [-0.15, -0.1) is 0 Å². The summed E-state index contributed by atoms with van der Waals surface area (Å²) in [7, 11) is 0. The quantitative estimate of drug-likeness (QED) is 0.799. The lowest BCUT2D eigenvalue weighted by Crippen LogP contribution is -2.48. The third-order valence-corrected chi connectivity index (χ3v) is 5.33. The summed E-state index contributed by atoms with van der Waals surface area (Å²) in [6, 6.07) is 12.2. The fourth-order valence-electron chi connectivity index (χ4n) is 3.64. The number of piperazine rings is 1. The molecule has 150 valence electrons. The Morgan fingerprint density at radius 1 is 1.11 bits per heavy atom. The first-order valence-electron chi connectivity index (χ1n) is 10.1. The van der Waals surface area contributed by atoms with E-state index in [0.29, 0.717) is 6.54 Å². The fraction of sp³-hybridized carbons (Fsp3) is 0.455. The molecule has 0 radical (unpaired) electrons. The predicted molar refractivity (Wildman–Crippen MR) is 116 cm³/mol. The van der Waals surface area contributed by atoms with Gasteiger partial charge in [-0.25, -0.2) is 4.98 Å². The number of hydrogen-bond acceptors (Lipinski definition) is 5. The van der Waals surface area contributed by atoms with Crippen LogP contribution in [0.4, 0.5) is 17.2 Å². The molecule has 6 nitrogen and oxygen atoms in total. The standard InChI is InChI=1S/C22H31N5O/c1-4-26(5-2)19-9-10-20(18(3)16-19)24-22(28)17-25-12-14-27(15-13-25)21-8-6-7-11-23-21/h6-11,16H,4-5,12-15,17H2,1-3H3,(H,24,28). The summed E-state index contributed by atoms with van der Waals surface area (Å²) in [6.07, 6.45) is 1.82. The molecule has 1 fully saturated rings. The first-order valence-corrected chi connectivity index (χ1v) is 10.1. The molecule has 1 amide bonds. The number of amides is 1. The van der Waals surface area contributed by atoms with Gasteiger partial charge in [-0.3, -0.25) is 9.69 Å². The van der Waals surface area contributed by atoms with Crippen molar-refractivity contribution < 1.29 is 4.79 Å². The van der Waals surface area contributed by atoms with E-state index in [1.165, 1.54) is 5.69 Å². The molecule has 1 N–H and O–H groups in total. The summed E-state index contributed by atoms with van der Waals surface area (Å²) in [4.78, 5) is 23.7. The van der Waals surface area contributed by atoms with E-state index in [1.54, 1.807) is 0 Å². The second-order valence-electron chi connectivity index (χ2n) is 7.17.